The largest absolute Gasteiger partial charge is 0.368 e. The van der Waals surface area contributed by atoms with Gasteiger partial charge in [-0.1, -0.05) is 0 Å². The molecule has 5 heteroatoms. The third-order valence-corrected chi connectivity index (χ3v) is 1.61. The van der Waals surface area contributed by atoms with Gasteiger partial charge < -0.3 is 5.73 Å². The summed E-state index contributed by atoms with van der Waals surface area (Å²) in [7, 11) is 0. The molecule has 0 aromatic carbocycles. The van der Waals surface area contributed by atoms with Crippen molar-refractivity contribution in [2.24, 2.45) is 0 Å². The van der Waals surface area contributed by atoms with Crippen LogP contribution in [0.4, 0.5) is 5.95 Å². The molecular weight excluding hydrogens is 166 g/mol. The molecule has 2 aromatic heterocycles. The van der Waals surface area contributed by atoms with Crippen LogP contribution in [0.3, 0.4) is 0 Å². The van der Waals surface area contributed by atoms with Crippen LogP contribution in [0.1, 0.15) is 5.56 Å². The molecule has 2 aromatic rings. The van der Waals surface area contributed by atoms with Crippen LogP contribution in [0.5, 0.6) is 0 Å². The van der Waals surface area contributed by atoms with Crippen LogP contribution in [0.2, 0.25) is 0 Å². The number of rotatable bonds is 1. The van der Waals surface area contributed by atoms with E-state index in [2.05, 4.69) is 15.1 Å². The second-order valence-electron chi connectivity index (χ2n) is 2.74. The number of nitrogen functional groups attached to an aromatic ring is 1. The first-order valence-corrected chi connectivity index (χ1v) is 3.86. The van der Waals surface area contributed by atoms with Crippen LogP contribution in [0.25, 0.3) is 5.82 Å². The number of aryl methyl sites for hydroxylation is 1. The molecule has 0 amide bonds. The van der Waals surface area contributed by atoms with E-state index in [0.29, 0.717) is 5.82 Å². The highest BCUT2D eigenvalue weighted by molar-refractivity contribution is 5.27. The number of nitrogens with zero attached hydrogens (tertiary/aromatic N) is 4. The zero-order valence-electron chi connectivity index (χ0n) is 7.18. The van der Waals surface area contributed by atoms with Gasteiger partial charge in [0, 0.05) is 18.5 Å². The lowest BCUT2D eigenvalue weighted by Crippen LogP contribution is -2.01. The van der Waals surface area contributed by atoms with Crippen LogP contribution in [0, 0.1) is 6.92 Å². The standard InChI is InChI=1S/C8H9N5/c1-6-4-11-13(5-6)7-2-3-10-8(9)12-7/h2-5H,1H3,(H2,9,10,12). The minimum Gasteiger partial charge on any atom is -0.368 e. The number of aromatic nitrogens is 4. The van der Waals surface area contributed by atoms with E-state index < -0.39 is 0 Å². The molecule has 0 aliphatic heterocycles. The summed E-state index contributed by atoms with van der Waals surface area (Å²) >= 11 is 0. The van der Waals surface area contributed by atoms with E-state index in [0.717, 1.165) is 5.56 Å². The van der Waals surface area contributed by atoms with Crippen molar-refractivity contribution in [3.8, 4) is 5.82 Å². The second kappa shape index (κ2) is 2.85. The lowest BCUT2D eigenvalue weighted by atomic mass is 10.4. The summed E-state index contributed by atoms with van der Waals surface area (Å²) in [6, 6.07) is 1.75. The van der Waals surface area contributed by atoms with Gasteiger partial charge in [0.25, 0.3) is 0 Å². The topological polar surface area (TPSA) is 69.6 Å². The van der Waals surface area contributed by atoms with Gasteiger partial charge in [-0.05, 0) is 12.5 Å². The predicted molar refractivity (Wildman–Crippen MR) is 48.3 cm³/mol. The third kappa shape index (κ3) is 1.48. The zero-order valence-corrected chi connectivity index (χ0v) is 7.18. The lowest BCUT2D eigenvalue weighted by Gasteiger charge is -1.98. The maximum absolute atomic E-state index is 5.44. The first kappa shape index (κ1) is 7.72. The summed E-state index contributed by atoms with van der Waals surface area (Å²) in [5.41, 5.74) is 6.52. The molecule has 2 rings (SSSR count). The SMILES string of the molecule is Cc1cnn(-c2ccnc(N)n2)c1. The van der Waals surface area contributed by atoms with Gasteiger partial charge in [-0.3, -0.25) is 0 Å². The van der Waals surface area contributed by atoms with E-state index >= 15 is 0 Å². The molecule has 0 saturated carbocycles. The van der Waals surface area contributed by atoms with Crippen molar-refractivity contribution < 1.29 is 0 Å². The fourth-order valence-corrected chi connectivity index (χ4v) is 1.03. The summed E-state index contributed by atoms with van der Waals surface area (Å²) in [4.78, 5) is 7.82. The first-order chi connectivity index (χ1) is 6.25. The molecule has 0 fully saturated rings. The summed E-state index contributed by atoms with van der Waals surface area (Å²) in [5.74, 6) is 0.936. The normalized spacial score (nSPS) is 10.2. The van der Waals surface area contributed by atoms with Crippen molar-refractivity contribution in [3.63, 3.8) is 0 Å². The molecule has 0 atom stereocenters. The van der Waals surface area contributed by atoms with Crippen LogP contribution in [-0.4, -0.2) is 19.7 Å². The minimum atomic E-state index is 0.255. The number of anilines is 1. The minimum absolute atomic E-state index is 0.255. The molecule has 2 heterocycles. The fourth-order valence-electron chi connectivity index (χ4n) is 1.03. The van der Waals surface area contributed by atoms with Crippen molar-refractivity contribution >= 4 is 5.95 Å². The Bertz CT molecular complexity index is 420. The Morgan fingerprint density at radius 1 is 1.46 bits per heavy atom. The van der Waals surface area contributed by atoms with Gasteiger partial charge in [0.05, 0.1) is 6.20 Å². The van der Waals surface area contributed by atoms with Crippen LogP contribution in [-0.2, 0) is 0 Å². The highest BCUT2D eigenvalue weighted by Gasteiger charge is 1.99. The molecule has 0 unspecified atom stereocenters. The maximum Gasteiger partial charge on any atom is 0.221 e. The highest BCUT2D eigenvalue weighted by atomic mass is 15.3. The predicted octanol–water partition coefficient (Wildman–Crippen LogP) is 0.553. The third-order valence-electron chi connectivity index (χ3n) is 1.61. The highest BCUT2D eigenvalue weighted by Crippen LogP contribution is 2.04. The summed E-state index contributed by atoms with van der Waals surface area (Å²) in [6.45, 7) is 1.97. The van der Waals surface area contributed by atoms with Crippen molar-refractivity contribution in [3.05, 3.63) is 30.2 Å². The summed E-state index contributed by atoms with van der Waals surface area (Å²) < 4.78 is 1.66. The van der Waals surface area contributed by atoms with Crippen LogP contribution >= 0.6 is 0 Å². The van der Waals surface area contributed by atoms with E-state index in [1.54, 1.807) is 23.1 Å². The zero-order chi connectivity index (χ0) is 9.26. The maximum atomic E-state index is 5.44. The lowest BCUT2D eigenvalue weighted by molar-refractivity contribution is 0.842. The molecule has 0 aliphatic rings. The first-order valence-electron chi connectivity index (χ1n) is 3.86. The Hall–Kier alpha value is -1.91. The number of nitrogens with two attached hydrogens (primary N) is 1. The Morgan fingerprint density at radius 2 is 2.31 bits per heavy atom. The van der Waals surface area contributed by atoms with Gasteiger partial charge in [0.1, 0.15) is 0 Å². The Labute approximate surface area is 75.2 Å². The molecular formula is C8H9N5. The van der Waals surface area contributed by atoms with Crippen LogP contribution < -0.4 is 5.73 Å². The van der Waals surface area contributed by atoms with Gasteiger partial charge in [-0.15, -0.1) is 0 Å². The smallest absolute Gasteiger partial charge is 0.221 e. The van der Waals surface area contributed by atoms with E-state index in [4.69, 9.17) is 5.73 Å². The molecule has 0 spiro atoms. The molecule has 0 saturated heterocycles. The van der Waals surface area contributed by atoms with Gasteiger partial charge in [-0.2, -0.15) is 10.1 Å². The van der Waals surface area contributed by atoms with Gasteiger partial charge >= 0.3 is 0 Å². The molecule has 66 valence electrons. The van der Waals surface area contributed by atoms with Crippen molar-refractivity contribution in [2.75, 3.05) is 5.73 Å². The molecule has 2 N–H and O–H groups in total. The van der Waals surface area contributed by atoms with Gasteiger partial charge in [-0.25, -0.2) is 9.67 Å². The monoisotopic (exact) mass is 175 g/mol. The van der Waals surface area contributed by atoms with Crippen molar-refractivity contribution in [1.82, 2.24) is 19.7 Å². The Kier molecular flexibility index (Phi) is 1.70. The summed E-state index contributed by atoms with van der Waals surface area (Å²) in [6.07, 6.45) is 5.24. The van der Waals surface area contributed by atoms with E-state index in [-0.39, 0.29) is 5.95 Å². The van der Waals surface area contributed by atoms with E-state index in [9.17, 15) is 0 Å². The average molecular weight is 175 g/mol. The fraction of sp³-hybridized carbons (Fsp3) is 0.125. The van der Waals surface area contributed by atoms with Crippen molar-refractivity contribution in [1.29, 1.82) is 0 Å². The Balaban J connectivity index is 2.46. The van der Waals surface area contributed by atoms with Crippen LogP contribution in [0.15, 0.2) is 24.7 Å². The second-order valence-corrected chi connectivity index (χ2v) is 2.74. The molecule has 0 radical (unpaired) electrons. The number of hydrogen-bond donors (Lipinski definition) is 1. The van der Waals surface area contributed by atoms with E-state index in [1.165, 1.54) is 0 Å². The average Bonchev–Trinajstić information content (AvgIpc) is 2.52. The quantitative estimate of drug-likeness (QED) is 0.687. The molecule has 5 nitrogen and oxygen atoms in total. The molecule has 13 heavy (non-hydrogen) atoms. The van der Waals surface area contributed by atoms with Gasteiger partial charge in [0.15, 0.2) is 5.82 Å². The molecule has 0 aliphatic carbocycles. The van der Waals surface area contributed by atoms with Crippen molar-refractivity contribution in [2.45, 2.75) is 6.92 Å². The Morgan fingerprint density at radius 3 is 2.92 bits per heavy atom. The number of hydrogen-bond acceptors (Lipinski definition) is 4. The van der Waals surface area contributed by atoms with E-state index in [1.807, 2.05) is 13.1 Å². The van der Waals surface area contributed by atoms with Gasteiger partial charge in [0.2, 0.25) is 5.95 Å². The molecule has 0 bridgehead atoms. The summed E-state index contributed by atoms with van der Waals surface area (Å²) in [5, 5.41) is 4.10.